The molecule has 1 aromatic rings. The standard InChI is InChI=1S/C11H16N2O3S/c1-2-12-8-5-9-17(16)11-7-4-3-6-10(11)13(14)15/h3-4,6-7,12H,2,5,8-9H2,1H3. The molecular formula is C11H16N2O3S. The van der Waals surface area contributed by atoms with Crippen molar-refractivity contribution in [2.24, 2.45) is 0 Å². The zero-order valence-corrected chi connectivity index (χ0v) is 10.5. The van der Waals surface area contributed by atoms with Crippen LogP contribution in [-0.4, -0.2) is 28.0 Å². The summed E-state index contributed by atoms with van der Waals surface area (Å²) in [5.74, 6) is 0.442. The molecule has 0 saturated carbocycles. The molecule has 0 aromatic heterocycles. The Labute approximate surface area is 103 Å². The molecule has 0 amide bonds. The van der Waals surface area contributed by atoms with Gasteiger partial charge in [-0.1, -0.05) is 19.1 Å². The molecular weight excluding hydrogens is 240 g/mol. The van der Waals surface area contributed by atoms with Crippen molar-refractivity contribution in [3.05, 3.63) is 34.4 Å². The number of nitrogens with zero attached hydrogens (tertiary/aromatic N) is 1. The van der Waals surface area contributed by atoms with Gasteiger partial charge in [0.25, 0.3) is 5.69 Å². The van der Waals surface area contributed by atoms with Gasteiger partial charge in [-0.3, -0.25) is 14.3 Å². The monoisotopic (exact) mass is 256 g/mol. The Morgan fingerprint density at radius 1 is 1.41 bits per heavy atom. The molecule has 0 radical (unpaired) electrons. The largest absolute Gasteiger partial charge is 0.317 e. The van der Waals surface area contributed by atoms with Gasteiger partial charge in [0.15, 0.2) is 0 Å². The van der Waals surface area contributed by atoms with Gasteiger partial charge in [-0.2, -0.15) is 0 Å². The minimum atomic E-state index is -1.30. The molecule has 1 aromatic carbocycles. The zero-order valence-electron chi connectivity index (χ0n) is 9.72. The third-order valence-corrected chi connectivity index (χ3v) is 3.74. The first-order valence-corrected chi connectivity index (χ1v) is 6.81. The summed E-state index contributed by atoms with van der Waals surface area (Å²) in [4.78, 5) is 10.6. The van der Waals surface area contributed by atoms with E-state index in [2.05, 4.69) is 5.32 Å². The van der Waals surface area contributed by atoms with Crippen LogP contribution in [0.4, 0.5) is 5.69 Å². The predicted octanol–water partition coefficient (Wildman–Crippen LogP) is 1.70. The van der Waals surface area contributed by atoms with E-state index in [0.717, 1.165) is 19.5 Å². The predicted molar refractivity (Wildman–Crippen MR) is 67.5 cm³/mol. The maximum absolute atomic E-state index is 11.9. The number of nitrogens with one attached hydrogen (secondary N) is 1. The van der Waals surface area contributed by atoms with Crippen LogP contribution in [0.15, 0.2) is 29.2 Å². The maximum atomic E-state index is 11.9. The average molecular weight is 256 g/mol. The van der Waals surface area contributed by atoms with Gasteiger partial charge in [-0.25, -0.2) is 0 Å². The van der Waals surface area contributed by atoms with Gasteiger partial charge in [0.05, 0.1) is 15.7 Å². The number of hydrogen-bond donors (Lipinski definition) is 1. The van der Waals surface area contributed by atoms with Crippen molar-refractivity contribution in [1.29, 1.82) is 0 Å². The van der Waals surface area contributed by atoms with Crippen molar-refractivity contribution >= 4 is 16.5 Å². The van der Waals surface area contributed by atoms with Crippen LogP contribution in [0.25, 0.3) is 0 Å². The lowest BCUT2D eigenvalue weighted by atomic mass is 10.3. The SMILES string of the molecule is CCNCCCS(=O)c1ccccc1[N+](=O)[O-]. The van der Waals surface area contributed by atoms with E-state index < -0.39 is 15.7 Å². The van der Waals surface area contributed by atoms with Crippen LogP contribution in [0.2, 0.25) is 0 Å². The second-order valence-electron chi connectivity index (χ2n) is 3.48. The molecule has 1 unspecified atom stereocenters. The van der Waals surface area contributed by atoms with Gasteiger partial charge in [-0.05, 0) is 25.6 Å². The molecule has 0 aliphatic carbocycles. The van der Waals surface area contributed by atoms with Gasteiger partial charge >= 0.3 is 0 Å². The molecule has 0 spiro atoms. The Morgan fingerprint density at radius 2 is 2.12 bits per heavy atom. The fraction of sp³-hybridized carbons (Fsp3) is 0.455. The molecule has 0 aliphatic heterocycles. The third kappa shape index (κ3) is 4.24. The molecule has 5 nitrogen and oxygen atoms in total. The summed E-state index contributed by atoms with van der Waals surface area (Å²) < 4.78 is 11.9. The summed E-state index contributed by atoms with van der Waals surface area (Å²) in [7, 11) is -1.30. The summed E-state index contributed by atoms with van der Waals surface area (Å²) in [5, 5.41) is 13.9. The van der Waals surface area contributed by atoms with Gasteiger partial charge < -0.3 is 5.32 Å². The summed E-state index contributed by atoms with van der Waals surface area (Å²) in [6.07, 6.45) is 0.743. The van der Waals surface area contributed by atoms with Crippen LogP contribution in [0.3, 0.4) is 0 Å². The quantitative estimate of drug-likeness (QED) is 0.458. The molecule has 0 fully saturated rings. The number of nitro groups is 1. The summed E-state index contributed by atoms with van der Waals surface area (Å²) >= 11 is 0. The number of hydrogen-bond acceptors (Lipinski definition) is 4. The average Bonchev–Trinajstić information content (AvgIpc) is 2.34. The Balaban J connectivity index is 2.65. The van der Waals surface area contributed by atoms with Gasteiger partial charge in [0, 0.05) is 11.8 Å². The lowest BCUT2D eigenvalue weighted by Gasteiger charge is -2.03. The second kappa shape index (κ2) is 7.13. The Kier molecular flexibility index (Phi) is 5.79. The van der Waals surface area contributed by atoms with E-state index in [4.69, 9.17) is 0 Å². The summed E-state index contributed by atoms with van der Waals surface area (Å²) in [5.41, 5.74) is -0.0608. The minimum Gasteiger partial charge on any atom is -0.317 e. The van der Waals surface area contributed by atoms with E-state index in [0.29, 0.717) is 10.6 Å². The highest BCUT2D eigenvalue weighted by molar-refractivity contribution is 7.85. The maximum Gasteiger partial charge on any atom is 0.285 e. The second-order valence-corrected chi connectivity index (χ2v) is 5.02. The lowest BCUT2D eigenvalue weighted by Crippen LogP contribution is -2.16. The fourth-order valence-corrected chi connectivity index (χ4v) is 2.65. The summed E-state index contributed by atoms with van der Waals surface area (Å²) in [6, 6.07) is 6.20. The molecule has 6 heteroatoms. The minimum absolute atomic E-state index is 0.0608. The number of benzene rings is 1. The van der Waals surface area contributed by atoms with E-state index in [-0.39, 0.29) is 5.69 Å². The van der Waals surface area contributed by atoms with E-state index >= 15 is 0 Å². The van der Waals surface area contributed by atoms with E-state index in [1.54, 1.807) is 18.2 Å². The molecule has 17 heavy (non-hydrogen) atoms. The van der Waals surface area contributed by atoms with Crippen molar-refractivity contribution in [3.8, 4) is 0 Å². The van der Waals surface area contributed by atoms with Crippen molar-refractivity contribution in [2.75, 3.05) is 18.8 Å². The lowest BCUT2D eigenvalue weighted by molar-refractivity contribution is -0.387. The molecule has 1 N–H and O–H groups in total. The highest BCUT2D eigenvalue weighted by Crippen LogP contribution is 2.21. The number of rotatable bonds is 7. The molecule has 0 saturated heterocycles. The van der Waals surface area contributed by atoms with Crippen LogP contribution >= 0.6 is 0 Å². The normalized spacial score (nSPS) is 12.3. The Morgan fingerprint density at radius 3 is 2.76 bits per heavy atom. The van der Waals surface area contributed by atoms with Crippen molar-refractivity contribution in [3.63, 3.8) is 0 Å². The molecule has 0 bridgehead atoms. The number of para-hydroxylation sites is 1. The highest BCUT2D eigenvalue weighted by Gasteiger charge is 2.17. The molecule has 94 valence electrons. The first kappa shape index (κ1) is 13.8. The van der Waals surface area contributed by atoms with Gasteiger partial charge in [-0.15, -0.1) is 0 Å². The highest BCUT2D eigenvalue weighted by atomic mass is 32.2. The topological polar surface area (TPSA) is 72.2 Å². The van der Waals surface area contributed by atoms with Crippen molar-refractivity contribution in [1.82, 2.24) is 5.32 Å². The summed E-state index contributed by atoms with van der Waals surface area (Å²) in [6.45, 7) is 3.65. The van der Waals surface area contributed by atoms with E-state index in [1.807, 2.05) is 6.92 Å². The van der Waals surface area contributed by atoms with Crippen molar-refractivity contribution in [2.45, 2.75) is 18.2 Å². The van der Waals surface area contributed by atoms with Gasteiger partial charge in [0.1, 0.15) is 4.90 Å². The van der Waals surface area contributed by atoms with Crippen LogP contribution in [-0.2, 0) is 10.8 Å². The molecule has 0 heterocycles. The Bertz CT molecular complexity index is 409. The third-order valence-electron chi connectivity index (χ3n) is 2.24. The first-order valence-electron chi connectivity index (χ1n) is 5.49. The van der Waals surface area contributed by atoms with Crippen LogP contribution < -0.4 is 5.32 Å². The van der Waals surface area contributed by atoms with Crippen molar-refractivity contribution < 1.29 is 9.13 Å². The molecule has 0 aliphatic rings. The fourth-order valence-electron chi connectivity index (χ4n) is 1.42. The molecule has 1 atom stereocenters. The van der Waals surface area contributed by atoms with Crippen LogP contribution in [0.1, 0.15) is 13.3 Å². The number of nitro benzene ring substituents is 1. The Hall–Kier alpha value is -1.27. The van der Waals surface area contributed by atoms with E-state index in [1.165, 1.54) is 6.07 Å². The smallest absolute Gasteiger partial charge is 0.285 e. The van der Waals surface area contributed by atoms with E-state index in [9.17, 15) is 14.3 Å². The molecule has 1 rings (SSSR count). The van der Waals surface area contributed by atoms with Crippen LogP contribution in [0.5, 0.6) is 0 Å². The zero-order chi connectivity index (χ0) is 12.7. The first-order chi connectivity index (χ1) is 8.16. The van der Waals surface area contributed by atoms with Crippen LogP contribution in [0, 0.1) is 10.1 Å². The van der Waals surface area contributed by atoms with Gasteiger partial charge in [0.2, 0.25) is 0 Å².